The maximum Gasteiger partial charge on any atom is 0.252 e. The summed E-state index contributed by atoms with van der Waals surface area (Å²) in [6, 6.07) is 5.22. The van der Waals surface area contributed by atoms with Gasteiger partial charge >= 0.3 is 0 Å². The van der Waals surface area contributed by atoms with Gasteiger partial charge in [-0.2, -0.15) is 0 Å². The number of carbonyl (C=O) groups is 3. The molecule has 6 nitrogen and oxygen atoms in total. The van der Waals surface area contributed by atoms with E-state index in [9.17, 15) is 14.4 Å². The smallest absolute Gasteiger partial charge is 0.252 e. The predicted octanol–water partition coefficient (Wildman–Crippen LogP) is 1.92. The third kappa shape index (κ3) is 3.43. The molecule has 132 valence electrons. The number of amides is 3. The molecule has 1 aromatic rings. The first kappa shape index (κ1) is 17.2. The fourth-order valence-electron chi connectivity index (χ4n) is 3.64. The minimum Gasteiger partial charge on any atom is -0.351 e. The Bertz CT molecular complexity index is 721. The van der Waals surface area contributed by atoms with Crippen LogP contribution in [0.25, 0.3) is 0 Å². The SMILES string of the molecule is C=CCNC(=O)C1(NC(=O)c2cccc3c2CC(=O)N3)CCCCC1. The van der Waals surface area contributed by atoms with E-state index in [0.29, 0.717) is 36.2 Å². The van der Waals surface area contributed by atoms with Gasteiger partial charge in [-0.05, 0) is 30.5 Å². The number of hydrogen-bond donors (Lipinski definition) is 3. The molecule has 1 aliphatic carbocycles. The number of nitrogens with one attached hydrogen (secondary N) is 3. The van der Waals surface area contributed by atoms with Crippen molar-refractivity contribution in [3.8, 4) is 0 Å². The van der Waals surface area contributed by atoms with Gasteiger partial charge in [-0.3, -0.25) is 14.4 Å². The Morgan fingerprint density at radius 1 is 1.24 bits per heavy atom. The molecule has 6 heteroatoms. The summed E-state index contributed by atoms with van der Waals surface area (Å²) in [6.07, 6.45) is 5.91. The van der Waals surface area contributed by atoms with Crippen LogP contribution < -0.4 is 16.0 Å². The summed E-state index contributed by atoms with van der Waals surface area (Å²) in [5.74, 6) is -0.586. The van der Waals surface area contributed by atoms with Gasteiger partial charge in [-0.15, -0.1) is 6.58 Å². The highest BCUT2D eigenvalue weighted by molar-refractivity contribution is 6.07. The van der Waals surface area contributed by atoms with Crippen molar-refractivity contribution in [1.82, 2.24) is 10.6 Å². The third-order valence-corrected chi connectivity index (χ3v) is 4.93. The molecule has 0 atom stereocenters. The number of anilines is 1. The summed E-state index contributed by atoms with van der Waals surface area (Å²) < 4.78 is 0. The van der Waals surface area contributed by atoms with Crippen molar-refractivity contribution in [2.24, 2.45) is 0 Å². The molecule has 0 spiro atoms. The normalized spacial score (nSPS) is 18.0. The van der Waals surface area contributed by atoms with Gasteiger partial charge in [0.2, 0.25) is 11.8 Å². The van der Waals surface area contributed by atoms with E-state index < -0.39 is 5.54 Å². The molecule has 2 aliphatic rings. The molecule has 3 N–H and O–H groups in total. The van der Waals surface area contributed by atoms with Gasteiger partial charge in [-0.25, -0.2) is 0 Å². The molecule has 3 rings (SSSR count). The zero-order valence-corrected chi connectivity index (χ0v) is 14.2. The Morgan fingerprint density at radius 3 is 2.72 bits per heavy atom. The van der Waals surface area contributed by atoms with Crippen LogP contribution in [0.15, 0.2) is 30.9 Å². The van der Waals surface area contributed by atoms with Crippen LogP contribution >= 0.6 is 0 Å². The Labute approximate surface area is 147 Å². The van der Waals surface area contributed by atoms with Crippen LogP contribution in [0.4, 0.5) is 5.69 Å². The van der Waals surface area contributed by atoms with Crippen LogP contribution in [0.1, 0.15) is 48.0 Å². The number of fused-ring (bicyclic) bond motifs is 1. The Kier molecular flexibility index (Phi) is 4.88. The van der Waals surface area contributed by atoms with Crippen LogP contribution in [0, 0.1) is 0 Å². The van der Waals surface area contributed by atoms with Gasteiger partial charge < -0.3 is 16.0 Å². The highest BCUT2D eigenvalue weighted by Gasteiger charge is 2.41. The van der Waals surface area contributed by atoms with Crippen molar-refractivity contribution in [3.63, 3.8) is 0 Å². The fourth-order valence-corrected chi connectivity index (χ4v) is 3.64. The number of benzene rings is 1. The first-order valence-corrected chi connectivity index (χ1v) is 8.69. The van der Waals surface area contributed by atoms with Crippen LogP contribution in [0.2, 0.25) is 0 Å². The quantitative estimate of drug-likeness (QED) is 0.715. The van der Waals surface area contributed by atoms with E-state index in [-0.39, 0.29) is 24.1 Å². The minimum absolute atomic E-state index is 0.119. The van der Waals surface area contributed by atoms with Crippen molar-refractivity contribution in [2.45, 2.75) is 44.1 Å². The Hall–Kier alpha value is -2.63. The summed E-state index contributed by atoms with van der Waals surface area (Å²) in [7, 11) is 0. The minimum atomic E-state index is -0.892. The maximum absolute atomic E-state index is 12.9. The molecular weight excluding hydrogens is 318 g/mol. The lowest BCUT2D eigenvalue weighted by Gasteiger charge is -2.36. The number of carbonyl (C=O) groups excluding carboxylic acids is 3. The van der Waals surface area contributed by atoms with Crippen molar-refractivity contribution < 1.29 is 14.4 Å². The molecule has 1 saturated carbocycles. The average molecular weight is 341 g/mol. The lowest BCUT2D eigenvalue weighted by Crippen LogP contribution is -2.59. The second-order valence-electron chi connectivity index (χ2n) is 6.65. The van der Waals surface area contributed by atoms with Gasteiger partial charge in [0, 0.05) is 17.8 Å². The van der Waals surface area contributed by atoms with E-state index in [4.69, 9.17) is 0 Å². The fraction of sp³-hybridized carbons (Fsp3) is 0.421. The standard InChI is InChI=1S/C19H23N3O3/c1-2-11-20-18(25)19(9-4-3-5-10-19)22-17(24)13-7-6-8-15-14(13)12-16(23)21-15/h2,6-8H,1,3-5,9-12H2,(H,20,25)(H,21,23)(H,22,24). The summed E-state index contributed by atoms with van der Waals surface area (Å²) in [5, 5.41) is 8.55. The first-order chi connectivity index (χ1) is 12.1. The second-order valence-corrected chi connectivity index (χ2v) is 6.65. The zero-order chi connectivity index (χ0) is 17.9. The summed E-state index contributed by atoms with van der Waals surface area (Å²) in [5.41, 5.74) is 0.933. The van der Waals surface area contributed by atoms with Gasteiger partial charge in [0.1, 0.15) is 5.54 Å². The first-order valence-electron chi connectivity index (χ1n) is 8.69. The molecule has 0 saturated heterocycles. The van der Waals surface area contributed by atoms with Crippen molar-refractivity contribution in [2.75, 3.05) is 11.9 Å². The summed E-state index contributed by atoms with van der Waals surface area (Å²) >= 11 is 0. The van der Waals surface area contributed by atoms with Crippen molar-refractivity contribution in [1.29, 1.82) is 0 Å². The van der Waals surface area contributed by atoms with Gasteiger partial charge in [0.15, 0.2) is 0 Å². The highest BCUT2D eigenvalue weighted by Crippen LogP contribution is 2.31. The molecule has 1 aliphatic heterocycles. The van der Waals surface area contributed by atoms with Crippen LogP contribution in [-0.4, -0.2) is 29.8 Å². The molecule has 0 bridgehead atoms. The van der Waals surface area contributed by atoms with Crippen molar-refractivity contribution in [3.05, 3.63) is 42.0 Å². The Morgan fingerprint density at radius 2 is 2.00 bits per heavy atom. The van der Waals surface area contributed by atoms with Crippen LogP contribution in [0.3, 0.4) is 0 Å². The van der Waals surface area contributed by atoms with Crippen LogP contribution in [0.5, 0.6) is 0 Å². The van der Waals surface area contributed by atoms with Gasteiger partial charge in [0.05, 0.1) is 6.42 Å². The Balaban J connectivity index is 1.84. The molecule has 1 aromatic carbocycles. The highest BCUT2D eigenvalue weighted by atomic mass is 16.2. The van der Waals surface area contributed by atoms with Crippen molar-refractivity contribution >= 4 is 23.4 Å². The molecule has 0 aromatic heterocycles. The van der Waals surface area contributed by atoms with Gasteiger partial charge in [0.25, 0.3) is 5.91 Å². The molecule has 0 radical (unpaired) electrons. The molecule has 25 heavy (non-hydrogen) atoms. The van der Waals surface area contributed by atoms with E-state index in [2.05, 4.69) is 22.5 Å². The van der Waals surface area contributed by atoms with Gasteiger partial charge in [-0.1, -0.05) is 31.4 Å². The van der Waals surface area contributed by atoms with E-state index in [1.165, 1.54) is 0 Å². The molecular formula is C19H23N3O3. The van der Waals surface area contributed by atoms with E-state index >= 15 is 0 Å². The van der Waals surface area contributed by atoms with E-state index in [0.717, 1.165) is 19.3 Å². The molecule has 3 amide bonds. The van der Waals surface area contributed by atoms with E-state index in [1.807, 2.05) is 0 Å². The summed E-state index contributed by atoms with van der Waals surface area (Å²) in [4.78, 5) is 37.2. The van der Waals surface area contributed by atoms with Crippen LogP contribution in [-0.2, 0) is 16.0 Å². The lowest BCUT2D eigenvalue weighted by atomic mass is 9.80. The monoisotopic (exact) mass is 341 g/mol. The largest absolute Gasteiger partial charge is 0.351 e. The zero-order valence-electron chi connectivity index (χ0n) is 14.2. The maximum atomic E-state index is 12.9. The number of hydrogen-bond acceptors (Lipinski definition) is 3. The molecule has 1 heterocycles. The molecule has 0 unspecified atom stereocenters. The van der Waals surface area contributed by atoms with E-state index in [1.54, 1.807) is 24.3 Å². The second kappa shape index (κ2) is 7.09. The lowest BCUT2D eigenvalue weighted by molar-refractivity contribution is -0.128. The summed E-state index contributed by atoms with van der Waals surface area (Å²) in [6.45, 7) is 3.99. The topological polar surface area (TPSA) is 87.3 Å². The number of rotatable bonds is 5. The third-order valence-electron chi connectivity index (χ3n) is 4.93. The molecule has 1 fully saturated rings. The predicted molar refractivity (Wildman–Crippen MR) is 95.3 cm³/mol. The average Bonchev–Trinajstić information content (AvgIpc) is 3.00.